The molecule has 2 N–H and O–H groups in total. The average Bonchev–Trinajstić information content (AvgIpc) is 3.13. The number of rotatable bonds is 12. The summed E-state index contributed by atoms with van der Waals surface area (Å²) in [4.78, 5) is 12.7. The second kappa shape index (κ2) is 11.8. The summed E-state index contributed by atoms with van der Waals surface area (Å²) in [5.41, 5.74) is 12.7. The number of benzene rings is 2. The van der Waals surface area contributed by atoms with Crippen LogP contribution in [0.4, 0.5) is 0 Å². The molecule has 0 radical (unpaired) electrons. The summed E-state index contributed by atoms with van der Waals surface area (Å²) in [6.45, 7) is 6.95. The smallest absolute Gasteiger partial charge is 0.251 e. The van der Waals surface area contributed by atoms with Crippen molar-refractivity contribution in [2.24, 2.45) is 5.73 Å². The maximum atomic E-state index is 12.7. The molecule has 1 heterocycles. The predicted octanol–water partition coefficient (Wildman–Crippen LogP) is 5.87. The fourth-order valence-electron chi connectivity index (χ4n) is 4.83. The largest absolute Gasteiger partial charge is 0.496 e. The molecular weight excluding hydrogens is 440 g/mol. The highest BCUT2D eigenvalue weighted by Crippen LogP contribution is 2.36. The van der Waals surface area contributed by atoms with Crippen LogP contribution in [0.5, 0.6) is 17.2 Å². The Balaban J connectivity index is 2.09. The number of hydrogen-bond acceptors (Lipinski definition) is 4. The van der Waals surface area contributed by atoms with E-state index in [1.54, 1.807) is 21.3 Å². The molecule has 0 aliphatic rings. The molecule has 0 bridgehead atoms. The molecule has 0 saturated heterocycles. The zero-order valence-electron chi connectivity index (χ0n) is 21.9. The van der Waals surface area contributed by atoms with Crippen LogP contribution in [0.25, 0.3) is 11.1 Å². The summed E-state index contributed by atoms with van der Waals surface area (Å²) >= 11 is 0. The molecule has 0 saturated carbocycles. The Bertz CT molecular complexity index is 1180. The molecule has 188 valence electrons. The summed E-state index contributed by atoms with van der Waals surface area (Å²) in [6, 6.07) is 12.1. The number of aryl methyl sites for hydroxylation is 2. The maximum absolute atomic E-state index is 12.7. The van der Waals surface area contributed by atoms with E-state index in [2.05, 4.69) is 23.6 Å². The molecule has 3 aromatic rings. The number of amides is 1. The molecule has 0 aliphatic heterocycles. The standard InChI is InChI=1S/C29H38N2O4/c1-7-8-9-10-23-28(22-12-14-24(33-4)19(2)17-22)27(29(30)32)20(3)31(23)16-15-21-11-13-25(34-5)26(18-21)35-6/h11-14,17-18H,7-10,15-16H2,1-6H3,(H2,30,32). The lowest BCUT2D eigenvalue weighted by Crippen LogP contribution is -2.14. The molecule has 0 spiro atoms. The van der Waals surface area contributed by atoms with Gasteiger partial charge in [-0.1, -0.05) is 31.9 Å². The number of carbonyl (C=O) groups is 1. The highest BCUT2D eigenvalue weighted by atomic mass is 16.5. The van der Waals surface area contributed by atoms with Crippen molar-refractivity contribution in [2.45, 2.75) is 59.4 Å². The van der Waals surface area contributed by atoms with Gasteiger partial charge >= 0.3 is 0 Å². The van der Waals surface area contributed by atoms with Crippen LogP contribution in [-0.4, -0.2) is 31.8 Å². The van der Waals surface area contributed by atoms with Crippen LogP contribution in [0, 0.1) is 13.8 Å². The Morgan fingerprint density at radius 1 is 0.886 bits per heavy atom. The highest BCUT2D eigenvalue weighted by molar-refractivity contribution is 6.02. The van der Waals surface area contributed by atoms with Crippen molar-refractivity contribution in [3.05, 3.63) is 64.5 Å². The van der Waals surface area contributed by atoms with Gasteiger partial charge in [-0.25, -0.2) is 0 Å². The zero-order valence-corrected chi connectivity index (χ0v) is 21.9. The third-order valence-corrected chi connectivity index (χ3v) is 6.65. The first-order chi connectivity index (χ1) is 16.9. The monoisotopic (exact) mass is 478 g/mol. The summed E-state index contributed by atoms with van der Waals surface area (Å²) in [5, 5.41) is 0. The van der Waals surface area contributed by atoms with Gasteiger partial charge in [0.15, 0.2) is 11.5 Å². The number of primary amides is 1. The minimum atomic E-state index is -0.396. The van der Waals surface area contributed by atoms with Gasteiger partial charge in [-0.3, -0.25) is 4.79 Å². The first-order valence-electron chi connectivity index (χ1n) is 12.2. The number of methoxy groups -OCH3 is 3. The van der Waals surface area contributed by atoms with Crippen molar-refractivity contribution >= 4 is 5.91 Å². The van der Waals surface area contributed by atoms with Crippen molar-refractivity contribution in [3.63, 3.8) is 0 Å². The summed E-state index contributed by atoms with van der Waals surface area (Å²) < 4.78 is 18.6. The normalized spacial score (nSPS) is 10.9. The quantitative estimate of drug-likeness (QED) is 0.330. The molecule has 2 aromatic carbocycles. The fraction of sp³-hybridized carbons (Fsp3) is 0.414. The van der Waals surface area contributed by atoms with Gasteiger partial charge in [-0.05, 0) is 74.1 Å². The van der Waals surface area contributed by atoms with Crippen molar-refractivity contribution in [3.8, 4) is 28.4 Å². The molecule has 0 aliphatic carbocycles. The predicted molar refractivity (Wildman–Crippen MR) is 141 cm³/mol. The minimum absolute atomic E-state index is 0.396. The second-order valence-corrected chi connectivity index (χ2v) is 8.88. The molecule has 0 fully saturated rings. The molecular formula is C29H38N2O4. The Labute approximate surface area is 209 Å². The van der Waals surface area contributed by atoms with Crippen molar-refractivity contribution < 1.29 is 19.0 Å². The van der Waals surface area contributed by atoms with E-state index in [9.17, 15) is 4.79 Å². The second-order valence-electron chi connectivity index (χ2n) is 8.88. The van der Waals surface area contributed by atoms with Crippen molar-refractivity contribution in [2.75, 3.05) is 21.3 Å². The third-order valence-electron chi connectivity index (χ3n) is 6.65. The molecule has 1 aromatic heterocycles. The number of nitrogens with zero attached hydrogens (tertiary/aromatic N) is 1. The number of nitrogens with two attached hydrogens (primary N) is 1. The SMILES string of the molecule is CCCCCc1c(-c2ccc(OC)c(C)c2)c(C(N)=O)c(C)n1CCc1ccc(OC)c(OC)c1. The van der Waals surface area contributed by atoms with Crippen LogP contribution in [0.2, 0.25) is 0 Å². The van der Waals surface area contributed by atoms with E-state index in [-0.39, 0.29) is 0 Å². The molecule has 35 heavy (non-hydrogen) atoms. The lowest BCUT2D eigenvalue weighted by atomic mass is 9.96. The van der Waals surface area contributed by atoms with Gasteiger partial charge in [0.2, 0.25) is 0 Å². The van der Waals surface area contributed by atoms with Crippen LogP contribution < -0.4 is 19.9 Å². The minimum Gasteiger partial charge on any atom is -0.496 e. The molecule has 6 nitrogen and oxygen atoms in total. The van der Waals surface area contributed by atoms with Gasteiger partial charge in [0.25, 0.3) is 5.91 Å². The summed E-state index contributed by atoms with van der Waals surface area (Å²) in [6.07, 6.45) is 4.98. The molecule has 0 unspecified atom stereocenters. The number of carbonyl (C=O) groups excluding carboxylic acids is 1. The van der Waals surface area contributed by atoms with E-state index in [1.807, 2.05) is 38.1 Å². The van der Waals surface area contributed by atoms with Gasteiger partial charge in [0.05, 0.1) is 26.9 Å². The molecule has 3 rings (SSSR count). The van der Waals surface area contributed by atoms with E-state index >= 15 is 0 Å². The average molecular weight is 479 g/mol. The van der Waals surface area contributed by atoms with Crippen LogP contribution in [0.15, 0.2) is 36.4 Å². The van der Waals surface area contributed by atoms with E-state index in [0.29, 0.717) is 17.1 Å². The van der Waals surface area contributed by atoms with Gasteiger partial charge in [-0.2, -0.15) is 0 Å². The summed E-state index contributed by atoms with van der Waals surface area (Å²) in [5.74, 6) is 1.85. The Hall–Kier alpha value is -3.41. The van der Waals surface area contributed by atoms with E-state index in [0.717, 1.165) is 78.0 Å². The van der Waals surface area contributed by atoms with Crippen molar-refractivity contribution in [1.82, 2.24) is 4.57 Å². The number of hydrogen-bond donors (Lipinski definition) is 1. The number of unbranched alkanes of at least 4 members (excludes halogenated alkanes) is 2. The fourth-order valence-corrected chi connectivity index (χ4v) is 4.83. The zero-order chi connectivity index (χ0) is 25.5. The summed E-state index contributed by atoms with van der Waals surface area (Å²) in [7, 11) is 4.95. The number of aromatic nitrogens is 1. The van der Waals surface area contributed by atoms with Gasteiger partial charge in [0, 0.05) is 23.5 Å². The Morgan fingerprint density at radius 2 is 1.57 bits per heavy atom. The van der Waals surface area contributed by atoms with E-state index in [1.165, 1.54) is 0 Å². The topological polar surface area (TPSA) is 75.7 Å². The molecule has 0 atom stereocenters. The first-order valence-corrected chi connectivity index (χ1v) is 12.2. The van der Waals surface area contributed by atoms with Crippen molar-refractivity contribution in [1.29, 1.82) is 0 Å². The van der Waals surface area contributed by atoms with Crippen LogP contribution in [-0.2, 0) is 19.4 Å². The third kappa shape index (κ3) is 5.64. The lowest BCUT2D eigenvalue weighted by Gasteiger charge is -2.15. The van der Waals surface area contributed by atoms with Crippen LogP contribution >= 0.6 is 0 Å². The van der Waals surface area contributed by atoms with E-state index in [4.69, 9.17) is 19.9 Å². The lowest BCUT2D eigenvalue weighted by molar-refractivity contribution is 0.1000. The molecule has 6 heteroatoms. The van der Waals surface area contributed by atoms with E-state index < -0.39 is 5.91 Å². The first kappa shape index (κ1) is 26.2. The van der Waals surface area contributed by atoms with Crippen LogP contribution in [0.3, 0.4) is 0 Å². The van der Waals surface area contributed by atoms with Gasteiger partial charge < -0.3 is 24.5 Å². The Morgan fingerprint density at radius 3 is 2.17 bits per heavy atom. The van der Waals surface area contributed by atoms with Gasteiger partial charge in [-0.15, -0.1) is 0 Å². The Kier molecular flexibility index (Phi) is 8.85. The maximum Gasteiger partial charge on any atom is 0.251 e. The van der Waals surface area contributed by atoms with Gasteiger partial charge in [0.1, 0.15) is 5.75 Å². The highest BCUT2D eigenvalue weighted by Gasteiger charge is 2.25. The molecule has 1 amide bonds. The van der Waals surface area contributed by atoms with Crippen LogP contribution in [0.1, 0.15) is 59.1 Å². The number of ether oxygens (including phenoxy) is 3.